The molecule has 0 spiro atoms. The zero-order valence-electron chi connectivity index (χ0n) is 14.2. The molecule has 26 heavy (non-hydrogen) atoms. The Morgan fingerprint density at radius 3 is 2.69 bits per heavy atom. The van der Waals surface area contributed by atoms with Crippen molar-refractivity contribution in [3.63, 3.8) is 0 Å². The van der Waals surface area contributed by atoms with Gasteiger partial charge in [0.15, 0.2) is 0 Å². The smallest absolute Gasteiger partial charge is 0.255 e. The molecule has 0 fully saturated rings. The van der Waals surface area contributed by atoms with E-state index in [9.17, 15) is 4.79 Å². The van der Waals surface area contributed by atoms with Crippen LogP contribution in [-0.4, -0.2) is 17.4 Å². The molecule has 128 valence electrons. The van der Waals surface area contributed by atoms with E-state index >= 15 is 0 Å². The van der Waals surface area contributed by atoms with Crippen LogP contribution in [-0.2, 0) is 6.42 Å². The summed E-state index contributed by atoms with van der Waals surface area (Å²) < 4.78 is 5.62. The number of hydrogen-bond acceptors (Lipinski definition) is 3. The van der Waals surface area contributed by atoms with Gasteiger partial charge in [-0.05, 0) is 35.7 Å². The van der Waals surface area contributed by atoms with Gasteiger partial charge in [-0.25, -0.2) is 0 Å². The summed E-state index contributed by atoms with van der Waals surface area (Å²) in [6, 6.07) is 19.6. The molecule has 0 radical (unpaired) electrons. The van der Waals surface area contributed by atoms with E-state index < -0.39 is 0 Å². The van der Waals surface area contributed by atoms with E-state index in [0.29, 0.717) is 17.7 Å². The highest BCUT2D eigenvalue weighted by Gasteiger charge is 2.15. The molecule has 0 aliphatic heterocycles. The lowest BCUT2D eigenvalue weighted by molar-refractivity contribution is 0.0955. The van der Waals surface area contributed by atoms with Gasteiger partial charge < -0.3 is 9.73 Å². The number of pyridine rings is 1. The van der Waals surface area contributed by atoms with Crippen LogP contribution < -0.4 is 5.32 Å². The molecule has 0 bridgehead atoms. The summed E-state index contributed by atoms with van der Waals surface area (Å²) in [6.45, 7) is 0.579. The molecule has 0 unspecified atom stereocenters. The van der Waals surface area contributed by atoms with E-state index in [1.807, 2.05) is 48.5 Å². The molecule has 2 heterocycles. The quantitative estimate of drug-likeness (QED) is 0.582. The van der Waals surface area contributed by atoms with Crippen LogP contribution in [0.15, 0.2) is 83.7 Å². The first kappa shape index (κ1) is 16.1. The maximum atomic E-state index is 12.6. The van der Waals surface area contributed by atoms with Crippen LogP contribution in [0.5, 0.6) is 0 Å². The van der Waals surface area contributed by atoms with Crippen molar-refractivity contribution in [3.05, 3.63) is 90.4 Å². The average molecular weight is 342 g/mol. The van der Waals surface area contributed by atoms with Gasteiger partial charge >= 0.3 is 0 Å². The highest BCUT2D eigenvalue weighted by Crippen LogP contribution is 2.31. The topological polar surface area (TPSA) is 55.1 Å². The number of nitrogens with one attached hydrogen (secondary N) is 1. The van der Waals surface area contributed by atoms with E-state index in [1.165, 1.54) is 5.56 Å². The van der Waals surface area contributed by atoms with Crippen molar-refractivity contribution in [3.8, 4) is 11.1 Å². The number of aromatic nitrogens is 1. The lowest BCUT2D eigenvalue weighted by Crippen LogP contribution is -2.25. The predicted octanol–water partition coefficient (Wildman–Crippen LogP) is 4.47. The second kappa shape index (κ2) is 7.23. The van der Waals surface area contributed by atoms with Gasteiger partial charge in [0.1, 0.15) is 5.58 Å². The van der Waals surface area contributed by atoms with Gasteiger partial charge in [-0.15, -0.1) is 0 Å². The molecule has 0 saturated heterocycles. The summed E-state index contributed by atoms with van der Waals surface area (Å²) in [6.07, 6.45) is 5.96. The minimum atomic E-state index is -0.126. The van der Waals surface area contributed by atoms with Crippen LogP contribution in [0.1, 0.15) is 15.9 Å². The van der Waals surface area contributed by atoms with Gasteiger partial charge in [-0.3, -0.25) is 9.78 Å². The normalized spacial score (nSPS) is 10.8. The summed E-state index contributed by atoms with van der Waals surface area (Å²) in [5.41, 5.74) is 4.34. The van der Waals surface area contributed by atoms with Gasteiger partial charge in [0.05, 0.1) is 11.8 Å². The average Bonchev–Trinajstić information content (AvgIpc) is 3.18. The molecule has 4 nitrogen and oxygen atoms in total. The number of furan rings is 1. The summed E-state index contributed by atoms with van der Waals surface area (Å²) in [7, 11) is 0. The van der Waals surface area contributed by atoms with E-state index in [4.69, 9.17) is 4.42 Å². The van der Waals surface area contributed by atoms with Crippen LogP contribution in [0.3, 0.4) is 0 Å². The first-order valence-corrected chi connectivity index (χ1v) is 8.55. The molecule has 1 N–H and O–H groups in total. The van der Waals surface area contributed by atoms with E-state index in [2.05, 4.69) is 22.4 Å². The number of hydrogen-bond donors (Lipinski definition) is 1. The third kappa shape index (κ3) is 3.22. The molecule has 4 aromatic rings. The highest BCUT2D eigenvalue weighted by molar-refractivity contribution is 6.08. The predicted molar refractivity (Wildman–Crippen MR) is 102 cm³/mol. The number of rotatable bonds is 5. The Morgan fingerprint density at radius 2 is 1.88 bits per heavy atom. The standard InChI is InChI=1S/C22H18N2O2/c25-22(24-13-10-16-5-2-1-3-6-16)20-9-8-18(17-7-4-12-23-15-17)19-11-14-26-21(19)20/h1-9,11-12,14-15H,10,13H2,(H,24,25). The summed E-state index contributed by atoms with van der Waals surface area (Å²) in [5, 5.41) is 3.89. The maximum absolute atomic E-state index is 12.6. The first-order valence-electron chi connectivity index (χ1n) is 8.55. The number of nitrogens with zero attached hydrogens (tertiary/aromatic N) is 1. The lowest BCUT2D eigenvalue weighted by atomic mass is 10.0. The first-order chi connectivity index (χ1) is 12.8. The minimum absolute atomic E-state index is 0.126. The Balaban J connectivity index is 1.55. The Hall–Kier alpha value is -3.40. The van der Waals surface area contributed by atoms with Crippen LogP contribution in [0.4, 0.5) is 0 Å². The summed E-state index contributed by atoms with van der Waals surface area (Å²) in [5.74, 6) is -0.126. The number of fused-ring (bicyclic) bond motifs is 1. The number of amides is 1. The van der Waals surface area contributed by atoms with Crippen molar-refractivity contribution in [1.29, 1.82) is 0 Å². The number of carbonyl (C=O) groups excluding carboxylic acids is 1. The third-order valence-corrected chi connectivity index (χ3v) is 4.38. The molecule has 2 aromatic carbocycles. The van der Waals surface area contributed by atoms with Crippen LogP contribution in [0, 0.1) is 0 Å². The molecule has 2 aromatic heterocycles. The van der Waals surface area contributed by atoms with E-state index in [-0.39, 0.29) is 5.91 Å². The van der Waals surface area contributed by atoms with Gasteiger partial charge in [0, 0.05) is 29.9 Å². The fourth-order valence-electron chi connectivity index (χ4n) is 3.07. The Bertz CT molecular complexity index is 1020. The van der Waals surface area contributed by atoms with Crippen LogP contribution >= 0.6 is 0 Å². The second-order valence-electron chi connectivity index (χ2n) is 6.06. The summed E-state index contributed by atoms with van der Waals surface area (Å²) >= 11 is 0. The SMILES string of the molecule is O=C(NCCc1ccccc1)c1ccc(-c2cccnc2)c2ccoc12. The maximum Gasteiger partial charge on any atom is 0.255 e. The highest BCUT2D eigenvalue weighted by atomic mass is 16.3. The van der Waals surface area contributed by atoms with Crippen molar-refractivity contribution in [2.45, 2.75) is 6.42 Å². The number of benzene rings is 2. The van der Waals surface area contributed by atoms with Crippen molar-refractivity contribution < 1.29 is 9.21 Å². The molecule has 0 aliphatic rings. The van der Waals surface area contributed by atoms with Crippen molar-refractivity contribution in [1.82, 2.24) is 10.3 Å². The monoisotopic (exact) mass is 342 g/mol. The minimum Gasteiger partial charge on any atom is -0.463 e. The van der Waals surface area contributed by atoms with Crippen molar-refractivity contribution >= 4 is 16.9 Å². The molecule has 4 heteroatoms. The van der Waals surface area contributed by atoms with Gasteiger partial charge in [0.2, 0.25) is 0 Å². The van der Waals surface area contributed by atoms with Crippen molar-refractivity contribution in [2.75, 3.05) is 6.54 Å². The van der Waals surface area contributed by atoms with Crippen LogP contribution in [0.25, 0.3) is 22.1 Å². The zero-order chi connectivity index (χ0) is 17.8. The van der Waals surface area contributed by atoms with Gasteiger partial charge in [-0.2, -0.15) is 0 Å². The molecule has 0 atom stereocenters. The Morgan fingerprint density at radius 1 is 1.00 bits per heavy atom. The third-order valence-electron chi connectivity index (χ3n) is 4.38. The molecule has 1 amide bonds. The molecule has 0 aliphatic carbocycles. The lowest BCUT2D eigenvalue weighted by Gasteiger charge is -2.08. The fraction of sp³-hybridized carbons (Fsp3) is 0.0909. The Labute approximate surface area is 151 Å². The summed E-state index contributed by atoms with van der Waals surface area (Å²) in [4.78, 5) is 16.8. The van der Waals surface area contributed by atoms with Crippen molar-refractivity contribution in [2.24, 2.45) is 0 Å². The molecular weight excluding hydrogens is 324 g/mol. The zero-order valence-corrected chi connectivity index (χ0v) is 14.2. The fourth-order valence-corrected chi connectivity index (χ4v) is 3.07. The van der Waals surface area contributed by atoms with E-state index in [1.54, 1.807) is 18.7 Å². The van der Waals surface area contributed by atoms with Crippen LogP contribution in [0.2, 0.25) is 0 Å². The second-order valence-corrected chi connectivity index (χ2v) is 6.06. The molecular formula is C22H18N2O2. The van der Waals surface area contributed by atoms with E-state index in [0.717, 1.165) is 22.9 Å². The molecule has 4 rings (SSSR count). The van der Waals surface area contributed by atoms with Gasteiger partial charge in [-0.1, -0.05) is 42.5 Å². The number of carbonyl (C=O) groups is 1. The molecule has 0 saturated carbocycles. The van der Waals surface area contributed by atoms with Gasteiger partial charge in [0.25, 0.3) is 5.91 Å². The Kier molecular flexibility index (Phi) is 4.48. The largest absolute Gasteiger partial charge is 0.463 e.